The highest BCUT2D eigenvalue weighted by Gasteiger charge is 2.22. The molecule has 0 atom stereocenters. The number of H-pyrrole nitrogens is 1. The average Bonchev–Trinajstić information content (AvgIpc) is 3.14. The number of aromatic nitrogens is 2. The van der Waals surface area contributed by atoms with Crippen LogP contribution in [0.4, 0.5) is 0 Å². The fourth-order valence-corrected chi connectivity index (χ4v) is 4.21. The second kappa shape index (κ2) is 6.28. The number of ether oxygens (including phenoxy) is 1. The van der Waals surface area contributed by atoms with E-state index in [0.717, 1.165) is 22.3 Å². The van der Waals surface area contributed by atoms with Gasteiger partial charge in [-0.1, -0.05) is 37.8 Å². The molecular formula is C20H24N2O4Si. The van der Waals surface area contributed by atoms with Crippen LogP contribution in [-0.4, -0.2) is 29.3 Å². The van der Waals surface area contributed by atoms with Crippen LogP contribution in [-0.2, 0) is 11.5 Å². The van der Waals surface area contributed by atoms with Gasteiger partial charge in [0.25, 0.3) is 0 Å². The summed E-state index contributed by atoms with van der Waals surface area (Å²) >= 11 is 0. The Kier molecular flexibility index (Phi) is 4.16. The molecule has 4 rings (SSSR count). The SMILES string of the molecule is Cc1c(O)c2[nH]c3ccccc3c2c2oc(=O)n(COCC[Si](C)(C)C)c12. The molecule has 27 heavy (non-hydrogen) atoms. The Balaban J connectivity index is 1.87. The summed E-state index contributed by atoms with van der Waals surface area (Å²) in [5.74, 6) is -0.344. The summed E-state index contributed by atoms with van der Waals surface area (Å²) in [5.41, 5.74) is 3.14. The van der Waals surface area contributed by atoms with E-state index in [1.54, 1.807) is 6.92 Å². The fraction of sp³-hybridized carbons (Fsp3) is 0.350. The summed E-state index contributed by atoms with van der Waals surface area (Å²) in [6, 6.07) is 8.75. The van der Waals surface area contributed by atoms with E-state index in [1.807, 2.05) is 24.3 Å². The number of oxazole rings is 1. The first-order chi connectivity index (χ1) is 12.8. The molecule has 0 aliphatic rings. The Hall–Kier alpha value is -2.51. The normalized spacial score (nSPS) is 12.6. The number of aryl methyl sites for hydroxylation is 1. The molecule has 0 saturated carbocycles. The van der Waals surface area contributed by atoms with Gasteiger partial charge in [0.2, 0.25) is 0 Å². The maximum absolute atomic E-state index is 12.5. The lowest BCUT2D eigenvalue weighted by Gasteiger charge is -2.15. The molecule has 6 nitrogen and oxygen atoms in total. The minimum absolute atomic E-state index is 0.116. The summed E-state index contributed by atoms with van der Waals surface area (Å²) in [7, 11) is -1.20. The van der Waals surface area contributed by atoms with Crippen molar-refractivity contribution in [2.45, 2.75) is 39.3 Å². The van der Waals surface area contributed by atoms with Gasteiger partial charge in [-0.3, -0.25) is 0 Å². The third-order valence-electron chi connectivity index (χ3n) is 4.99. The predicted octanol–water partition coefficient (Wildman–Crippen LogP) is 4.56. The van der Waals surface area contributed by atoms with Crippen LogP contribution in [0.25, 0.3) is 32.9 Å². The number of benzene rings is 2. The largest absolute Gasteiger partial charge is 0.505 e. The van der Waals surface area contributed by atoms with E-state index in [2.05, 4.69) is 24.6 Å². The maximum atomic E-state index is 12.5. The molecule has 0 radical (unpaired) electrons. The topological polar surface area (TPSA) is 80.4 Å². The van der Waals surface area contributed by atoms with Crippen molar-refractivity contribution in [3.8, 4) is 5.75 Å². The van der Waals surface area contributed by atoms with E-state index in [9.17, 15) is 9.90 Å². The van der Waals surface area contributed by atoms with Crippen molar-refractivity contribution < 1.29 is 14.3 Å². The second-order valence-corrected chi connectivity index (χ2v) is 13.8. The lowest BCUT2D eigenvalue weighted by Crippen LogP contribution is -2.23. The highest BCUT2D eigenvalue weighted by Crippen LogP contribution is 2.40. The van der Waals surface area contributed by atoms with Crippen LogP contribution in [0, 0.1) is 6.92 Å². The molecule has 2 heterocycles. The van der Waals surface area contributed by atoms with E-state index in [-0.39, 0.29) is 12.5 Å². The molecule has 2 aromatic carbocycles. The van der Waals surface area contributed by atoms with Crippen LogP contribution < -0.4 is 5.76 Å². The van der Waals surface area contributed by atoms with Gasteiger partial charge in [-0.25, -0.2) is 9.36 Å². The van der Waals surface area contributed by atoms with Crippen molar-refractivity contribution in [2.24, 2.45) is 0 Å². The first-order valence-corrected chi connectivity index (χ1v) is 12.8. The number of rotatable bonds is 5. The van der Waals surface area contributed by atoms with Gasteiger partial charge in [-0.15, -0.1) is 0 Å². The number of nitrogens with zero attached hydrogens (tertiary/aromatic N) is 1. The molecule has 7 heteroatoms. The van der Waals surface area contributed by atoms with Crippen LogP contribution in [0.5, 0.6) is 5.75 Å². The van der Waals surface area contributed by atoms with E-state index in [4.69, 9.17) is 9.15 Å². The molecule has 0 spiro atoms. The number of para-hydroxylation sites is 1. The van der Waals surface area contributed by atoms with Gasteiger partial charge in [-0.05, 0) is 19.0 Å². The minimum atomic E-state index is -1.20. The van der Waals surface area contributed by atoms with Crippen molar-refractivity contribution in [2.75, 3.05) is 6.61 Å². The molecule has 2 N–H and O–H groups in total. The lowest BCUT2D eigenvalue weighted by atomic mass is 10.1. The summed E-state index contributed by atoms with van der Waals surface area (Å²) in [6.07, 6.45) is 0. The first-order valence-electron chi connectivity index (χ1n) is 9.11. The molecule has 0 aliphatic carbocycles. The molecule has 0 saturated heterocycles. The molecule has 0 unspecified atom stereocenters. The second-order valence-electron chi connectivity index (χ2n) is 8.22. The Bertz CT molecular complexity index is 1210. The van der Waals surface area contributed by atoms with Gasteiger partial charge in [0.1, 0.15) is 12.5 Å². The summed E-state index contributed by atoms with van der Waals surface area (Å²) < 4.78 is 12.9. The quantitative estimate of drug-likeness (QED) is 0.391. The Labute approximate surface area is 157 Å². The minimum Gasteiger partial charge on any atom is -0.505 e. The average molecular weight is 385 g/mol. The smallest absolute Gasteiger partial charge is 0.421 e. The van der Waals surface area contributed by atoms with Crippen molar-refractivity contribution >= 4 is 41.0 Å². The number of hydrogen-bond donors (Lipinski definition) is 2. The third-order valence-corrected chi connectivity index (χ3v) is 6.70. The molecule has 0 amide bonds. The number of hydrogen-bond acceptors (Lipinski definition) is 4. The zero-order chi connectivity index (χ0) is 19.3. The molecular weight excluding hydrogens is 360 g/mol. The van der Waals surface area contributed by atoms with Gasteiger partial charge >= 0.3 is 5.76 Å². The van der Waals surface area contributed by atoms with Crippen molar-refractivity contribution in [1.82, 2.24) is 9.55 Å². The highest BCUT2D eigenvalue weighted by atomic mass is 28.3. The number of fused-ring (bicyclic) bond motifs is 5. The number of phenolic OH excluding ortho intramolecular Hbond substituents is 1. The zero-order valence-electron chi connectivity index (χ0n) is 16.0. The van der Waals surface area contributed by atoms with Crippen LogP contribution in [0.15, 0.2) is 33.5 Å². The molecule has 0 fully saturated rings. The van der Waals surface area contributed by atoms with Gasteiger partial charge < -0.3 is 19.2 Å². The Morgan fingerprint density at radius 2 is 2.00 bits per heavy atom. The summed E-state index contributed by atoms with van der Waals surface area (Å²) in [6.45, 7) is 9.36. The zero-order valence-corrected chi connectivity index (χ0v) is 17.0. The maximum Gasteiger partial charge on any atom is 0.421 e. The third kappa shape index (κ3) is 2.96. The molecule has 142 valence electrons. The van der Waals surface area contributed by atoms with Crippen LogP contribution >= 0.6 is 0 Å². The van der Waals surface area contributed by atoms with Crippen LogP contribution in [0.1, 0.15) is 5.56 Å². The molecule has 0 aliphatic heterocycles. The highest BCUT2D eigenvalue weighted by molar-refractivity contribution is 6.76. The molecule has 4 aromatic rings. The Morgan fingerprint density at radius 3 is 2.74 bits per heavy atom. The van der Waals surface area contributed by atoms with Crippen LogP contribution in [0.3, 0.4) is 0 Å². The first kappa shape index (κ1) is 17.9. The van der Waals surface area contributed by atoms with Crippen molar-refractivity contribution in [3.05, 3.63) is 40.4 Å². The van der Waals surface area contributed by atoms with E-state index in [1.165, 1.54) is 4.57 Å². The van der Waals surface area contributed by atoms with E-state index in [0.29, 0.717) is 28.8 Å². The number of aromatic hydroxyl groups is 1. The number of nitrogens with one attached hydrogen (secondary N) is 1. The summed E-state index contributed by atoms with van der Waals surface area (Å²) in [5, 5.41) is 12.4. The molecule has 0 bridgehead atoms. The summed E-state index contributed by atoms with van der Waals surface area (Å²) in [4.78, 5) is 15.8. The fourth-order valence-electron chi connectivity index (χ4n) is 3.45. The van der Waals surface area contributed by atoms with Crippen molar-refractivity contribution in [3.63, 3.8) is 0 Å². The molecule has 2 aromatic heterocycles. The standard InChI is InChI=1S/C20H24N2O4Si/c1-12-17-19(26-20(24)22(17)11-25-9-10-27(2,3)4)15-13-7-5-6-8-14(13)21-16(15)18(12)23/h5-8,21,23H,9-11H2,1-4H3. The lowest BCUT2D eigenvalue weighted by molar-refractivity contribution is 0.0849. The number of aromatic amines is 1. The van der Waals surface area contributed by atoms with Gasteiger partial charge in [0.05, 0.1) is 16.4 Å². The van der Waals surface area contributed by atoms with Crippen LogP contribution in [0.2, 0.25) is 25.7 Å². The van der Waals surface area contributed by atoms with Gasteiger partial charge in [0.15, 0.2) is 5.58 Å². The van der Waals surface area contributed by atoms with Gasteiger partial charge in [0, 0.05) is 31.1 Å². The van der Waals surface area contributed by atoms with E-state index >= 15 is 0 Å². The van der Waals surface area contributed by atoms with Crippen molar-refractivity contribution in [1.29, 1.82) is 0 Å². The Morgan fingerprint density at radius 1 is 1.26 bits per heavy atom. The van der Waals surface area contributed by atoms with E-state index < -0.39 is 13.8 Å². The number of phenols is 1. The predicted molar refractivity (Wildman–Crippen MR) is 110 cm³/mol. The van der Waals surface area contributed by atoms with Gasteiger partial charge in [-0.2, -0.15) is 0 Å². The monoisotopic (exact) mass is 384 g/mol.